The number of Topliss-reactive ketones (excluding diaryl/α,β-unsaturated/α-hetero) is 1. The van der Waals surface area contributed by atoms with E-state index in [1.807, 2.05) is 6.92 Å². The SMILES string of the molecule is CC(=O)OCC(=O)[C@@]1(O)C(C)C[C@H]2[C@@H]3C(F)CC4=CC(=O)C=C[C@]4(C)[C@H]3C(O)C[C@@]21C. The monoisotopic (exact) mass is 434 g/mol. The van der Waals surface area contributed by atoms with Crippen molar-refractivity contribution in [3.8, 4) is 0 Å². The lowest BCUT2D eigenvalue weighted by Gasteiger charge is -2.60. The van der Waals surface area contributed by atoms with Crippen LogP contribution in [0.1, 0.15) is 47.0 Å². The van der Waals surface area contributed by atoms with Gasteiger partial charge in [-0.25, -0.2) is 4.39 Å². The minimum Gasteiger partial charge on any atom is -0.458 e. The number of carbonyl (C=O) groups is 3. The maximum absolute atomic E-state index is 15.7. The molecule has 0 saturated heterocycles. The molecule has 0 aromatic heterocycles. The van der Waals surface area contributed by atoms with Gasteiger partial charge in [-0.2, -0.15) is 0 Å². The van der Waals surface area contributed by atoms with Crippen LogP contribution in [-0.2, 0) is 19.1 Å². The molecule has 0 bridgehead atoms. The van der Waals surface area contributed by atoms with Gasteiger partial charge >= 0.3 is 5.97 Å². The number of fused-ring (bicyclic) bond motifs is 5. The number of halogens is 1. The molecule has 0 aromatic carbocycles. The largest absolute Gasteiger partial charge is 0.458 e. The van der Waals surface area contributed by atoms with E-state index < -0.39 is 64.8 Å². The Balaban J connectivity index is 1.75. The Morgan fingerprint density at radius 2 is 2.00 bits per heavy atom. The zero-order valence-electron chi connectivity index (χ0n) is 18.4. The fraction of sp³-hybridized carbons (Fsp3) is 0.708. The topological polar surface area (TPSA) is 101 Å². The fourth-order valence-corrected chi connectivity index (χ4v) is 7.45. The van der Waals surface area contributed by atoms with Gasteiger partial charge in [0.2, 0.25) is 5.78 Å². The van der Waals surface area contributed by atoms with E-state index in [-0.39, 0.29) is 24.5 Å². The third kappa shape index (κ3) is 2.92. The van der Waals surface area contributed by atoms with Crippen LogP contribution in [0.4, 0.5) is 4.39 Å². The molecule has 6 nitrogen and oxygen atoms in total. The van der Waals surface area contributed by atoms with Crippen molar-refractivity contribution in [2.75, 3.05) is 6.61 Å². The summed E-state index contributed by atoms with van der Waals surface area (Å²) in [5.74, 6) is -3.22. The fourth-order valence-electron chi connectivity index (χ4n) is 7.45. The molecule has 4 aliphatic carbocycles. The summed E-state index contributed by atoms with van der Waals surface area (Å²) >= 11 is 0. The molecule has 3 saturated carbocycles. The first-order chi connectivity index (χ1) is 14.4. The lowest BCUT2D eigenvalue weighted by atomic mass is 9.45. The molecule has 0 aromatic rings. The molecule has 3 unspecified atom stereocenters. The molecule has 3 fully saturated rings. The molecule has 0 heterocycles. The molecule has 4 aliphatic rings. The Morgan fingerprint density at radius 1 is 1.32 bits per heavy atom. The van der Waals surface area contributed by atoms with Gasteiger partial charge in [-0.15, -0.1) is 0 Å². The molecule has 9 atom stereocenters. The minimum atomic E-state index is -1.83. The number of aliphatic hydroxyl groups excluding tert-OH is 1. The zero-order chi connectivity index (χ0) is 22.9. The molecule has 0 aliphatic heterocycles. The van der Waals surface area contributed by atoms with Gasteiger partial charge in [-0.05, 0) is 36.8 Å². The van der Waals surface area contributed by atoms with Gasteiger partial charge in [0.05, 0.1) is 6.10 Å². The van der Waals surface area contributed by atoms with Crippen LogP contribution >= 0.6 is 0 Å². The summed E-state index contributed by atoms with van der Waals surface area (Å²) in [6.07, 6.45) is 3.16. The third-order valence-corrected chi connectivity index (χ3v) is 8.90. The number of alkyl halides is 1. The zero-order valence-corrected chi connectivity index (χ0v) is 18.4. The highest BCUT2D eigenvalue weighted by Gasteiger charge is 2.71. The molecular formula is C24H31FO6. The summed E-state index contributed by atoms with van der Waals surface area (Å²) < 4.78 is 20.6. The quantitative estimate of drug-likeness (QED) is 0.661. The summed E-state index contributed by atoms with van der Waals surface area (Å²) in [5, 5.41) is 23.0. The first-order valence-corrected chi connectivity index (χ1v) is 11.0. The Bertz CT molecular complexity index is 895. The van der Waals surface area contributed by atoms with Crippen LogP contribution in [0.2, 0.25) is 0 Å². The Hall–Kier alpha value is -1.86. The van der Waals surface area contributed by atoms with E-state index in [1.165, 1.54) is 19.1 Å². The van der Waals surface area contributed by atoms with E-state index in [4.69, 9.17) is 4.74 Å². The molecule has 0 radical (unpaired) electrons. The summed E-state index contributed by atoms with van der Waals surface area (Å²) in [6.45, 7) is 6.11. The highest BCUT2D eigenvalue weighted by atomic mass is 19.1. The van der Waals surface area contributed by atoms with Crippen molar-refractivity contribution >= 4 is 17.5 Å². The molecule has 0 spiro atoms. The van der Waals surface area contributed by atoms with Crippen LogP contribution < -0.4 is 0 Å². The first-order valence-electron chi connectivity index (χ1n) is 11.0. The molecule has 31 heavy (non-hydrogen) atoms. The van der Waals surface area contributed by atoms with Gasteiger partial charge in [0.25, 0.3) is 0 Å². The molecule has 0 amide bonds. The summed E-state index contributed by atoms with van der Waals surface area (Å²) in [6, 6.07) is 0. The highest BCUT2D eigenvalue weighted by molar-refractivity contribution is 6.01. The number of rotatable bonds is 3. The van der Waals surface area contributed by atoms with E-state index in [0.717, 1.165) is 0 Å². The van der Waals surface area contributed by atoms with E-state index in [2.05, 4.69) is 0 Å². The number of esters is 1. The van der Waals surface area contributed by atoms with Gasteiger partial charge in [0.15, 0.2) is 12.4 Å². The van der Waals surface area contributed by atoms with Crippen molar-refractivity contribution in [2.45, 2.75) is 64.8 Å². The van der Waals surface area contributed by atoms with E-state index >= 15 is 4.39 Å². The second-order valence-corrected chi connectivity index (χ2v) is 10.4. The van der Waals surface area contributed by atoms with Gasteiger partial charge in [-0.3, -0.25) is 14.4 Å². The molecule has 2 N–H and O–H groups in total. The minimum absolute atomic E-state index is 0.0985. The van der Waals surface area contributed by atoms with Crippen LogP contribution in [0.3, 0.4) is 0 Å². The number of allylic oxidation sites excluding steroid dienone is 4. The van der Waals surface area contributed by atoms with Gasteiger partial charge in [0, 0.05) is 36.0 Å². The van der Waals surface area contributed by atoms with Crippen LogP contribution in [0, 0.1) is 34.5 Å². The highest BCUT2D eigenvalue weighted by Crippen LogP contribution is 2.68. The van der Waals surface area contributed by atoms with Gasteiger partial charge in [0.1, 0.15) is 11.8 Å². The predicted molar refractivity (Wildman–Crippen MR) is 109 cm³/mol. The number of aliphatic hydroxyl groups is 2. The normalized spacial score (nSPS) is 48.4. The summed E-state index contributed by atoms with van der Waals surface area (Å²) in [7, 11) is 0. The average molecular weight is 435 g/mol. The number of hydrogen-bond acceptors (Lipinski definition) is 6. The van der Waals surface area contributed by atoms with Crippen LogP contribution in [-0.4, -0.2) is 52.2 Å². The maximum Gasteiger partial charge on any atom is 0.303 e. The van der Waals surface area contributed by atoms with Gasteiger partial charge < -0.3 is 14.9 Å². The third-order valence-electron chi connectivity index (χ3n) is 8.90. The molecule has 4 rings (SSSR count). The number of hydrogen-bond donors (Lipinski definition) is 2. The Morgan fingerprint density at radius 3 is 2.65 bits per heavy atom. The van der Waals surface area contributed by atoms with E-state index in [1.54, 1.807) is 19.9 Å². The predicted octanol–water partition coefficient (Wildman–Crippen LogP) is 2.32. The molecule has 170 valence electrons. The van der Waals surface area contributed by atoms with Crippen LogP contribution in [0.25, 0.3) is 0 Å². The van der Waals surface area contributed by atoms with Crippen molar-refractivity contribution in [1.29, 1.82) is 0 Å². The van der Waals surface area contributed by atoms with Crippen LogP contribution in [0.15, 0.2) is 23.8 Å². The average Bonchev–Trinajstić information content (AvgIpc) is 2.88. The van der Waals surface area contributed by atoms with Crippen molar-refractivity contribution in [3.05, 3.63) is 23.8 Å². The standard InChI is InChI=1S/C24H31FO6/c1-12-7-16-20-17(25)9-14-8-15(27)5-6-22(14,3)21(20)18(28)10-23(16,4)24(12,30)19(29)11-31-13(2)26/h5-6,8,12,16-18,20-21,28,30H,7,9-11H2,1-4H3/t12?,16-,17?,18?,20+,21-,22-,23-,24-/m0/s1. The van der Waals surface area contributed by atoms with Crippen molar-refractivity contribution < 1.29 is 33.7 Å². The van der Waals surface area contributed by atoms with E-state index in [9.17, 15) is 24.6 Å². The molecular weight excluding hydrogens is 403 g/mol. The van der Waals surface area contributed by atoms with E-state index in [0.29, 0.717) is 12.0 Å². The van der Waals surface area contributed by atoms with Gasteiger partial charge in [-0.1, -0.05) is 32.4 Å². The lowest BCUT2D eigenvalue weighted by Crippen LogP contribution is -2.64. The Labute approximate surface area is 181 Å². The smallest absolute Gasteiger partial charge is 0.303 e. The number of carbonyl (C=O) groups excluding carboxylic acids is 3. The molecule has 7 heteroatoms. The van der Waals surface area contributed by atoms with Crippen molar-refractivity contribution in [2.24, 2.45) is 34.5 Å². The maximum atomic E-state index is 15.7. The number of ether oxygens (including phenoxy) is 1. The summed E-state index contributed by atoms with van der Waals surface area (Å²) in [4.78, 5) is 36.2. The lowest BCUT2D eigenvalue weighted by molar-refractivity contribution is -0.192. The first kappa shape index (κ1) is 22.3. The Kier molecular flexibility index (Phi) is 5.10. The second-order valence-electron chi connectivity index (χ2n) is 10.4. The van der Waals surface area contributed by atoms with Crippen molar-refractivity contribution in [1.82, 2.24) is 0 Å². The second kappa shape index (κ2) is 7.07. The van der Waals surface area contributed by atoms with Crippen LogP contribution in [0.5, 0.6) is 0 Å². The number of ketones is 2. The van der Waals surface area contributed by atoms with Crippen molar-refractivity contribution in [3.63, 3.8) is 0 Å². The summed E-state index contributed by atoms with van der Waals surface area (Å²) in [5.41, 5.74) is -2.83.